The molecule has 139 valence electrons. The van der Waals surface area contributed by atoms with Gasteiger partial charge < -0.3 is 9.75 Å². The van der Waals surface area contributed by atoms with Crippen LogP contribution < -0.4 is 5.01 Å². The lowest BCUT2D eigenvalue weighted by Crippen LogP contribution is -2.55. The summed E-state index contributed by atoms with van der Waals surface area (Å²) in [5.74, 6) is 0. The lowest BCUT2D eigenvalue weighted by molar-refractivity contribution is 0.0343. The Balaban J connectivity index is 1.36. The Morgan fingerprint density at radius 3 is 2.58 bits per heavy atom. The number of benzene rings is 1. The first-order valence-corrected chi connectivity index (χ1v) is 10.2. The van der Waals surface area contributed by atoms with E-state index in [4.69, 9.17) is 4.74 Å². The third-order valence-electron chi connectivity index (χ3n) is 6.36. The fourth-order valence-electron chi connectivity index (χ4n) is 4.56. The Bertz CT molecular complexity index is 740. The van der Waals surface area contributed by atoms with Crippen molar-refractivity contribution in [2.75, 3.05) is 57.5 Å². The predicted molar refractivity (Wildman–Crippen MR) is 104 cm³/mol. The summed E-state index contributed by atoms with van der Waals surface area (Å²) < 4.78 is 7.90. The largest absolute Gasteiger partial charge is 0.379 e. The van der Waals surface area contributed by atoms with Crippen LogP contribution in [-0.4, -0.2) is 73.0 Å². The minimum Gasteiger partial charge on any atom is -0.379 e. The summed E-state index contributed by atoms with van der Waals surface area (Å²) >= 11 is 0. The number of hydrogen-bond donors (Lipinski definition) is 0. The first kappa shape index (κ1) is 16.6. The van der Waals surface area contributed by atoms with E-state index in [0.717, 1.165) is 52.0 Å². The van der Waals surface area contributed by atoms with Crippen LogP contribution in [0.25, 0.3) is 10.9 Å². The highest BCUT2D eigenvalue weighted by Crippen LogP contribution is 2.27. The van der Waals surface area contributed by atoms with Gasteiger partial charge in [0.05, 0.1) is 18.7 Å². The van der Waals surface area contributed by atoms with Crippen molar-refractivity contribution in [3.05, 3.63) is 36.0 Å². The second-order valence-corrected chi connectivity index (χ2v) is 7.89. The zero-order valence-corrected chi connectivity index (χ0v) is 15.6. The van der Waals surface area contributed by atoms with E-state index < -0.39 is 0 Å². The molecule has 0 atom stereocenters. The van der Waals surface area contributed by atoms with Gasteiger partial charge in [-0.1, -0.05) is 18.6 Å². The molecule has 5 heteroatoms. The second kappa shape index (κ2) is 7.22. The molecule has 0 spiro atoms. The minimum absolute atomic E-state index is 0.853. The number of rotatable bonds is 4. The third kappa shape index (κ3) is 3.13. The zero-order valence-electron chi connectivity index (χ0n) is 15.6. The van der Waals surface area contributed by atoms with E-state index in [0.29, 0.717) is 0 Å². The van der Waals surface area contributed by atoms with E-state index >= 15 is 0 Å². The maximum Gasteiger partial charge on any atom is 0.0704 e. The summed E-state index contributed by atoms with van der Waals surface area (Å²) in [6.07, 6.45) is 6.60. The van der Waals surface area contributed by atoms with Gasteiger partial charge in [-0.2, -0.15) is 0 Å². The molecule has 26 heavy (non-hydrogen) atoms. The van der Waals surface area contributed by atoms with Crippen molar-refractivity contribution in [1.82, 2.24) is 14.5 Å². The van der Waals surface area contributed by atoms with E-state index in [1.165, 1.54) is 48.8 Å². The van der Waals surface area contributed by atoms with Gasteiger partial charge in [-0.15, -0.1) is 0 Å². The minimum atomic E-state index is 0.853. The van der Waals surface area contributed by atoms with Gasteiger partial charge >= 0.3 is 0 Å². The molecule has 5 rings (SSSR count). The molecule has 1 aliphatic carbocycles. The van der Waals surface area contributed by atoms with Crippen LogP contribution in [0.3, 0.4) is 0 Å². The van der Waals surface area contributed by atoms with Crippen molar-refractivity contribution in [2.24, 2.45) is 0 Å². The van der Waals surface area contributed by atoms with Gasteiger partial charge in [-0.05, 0) is 30.5 Å². The van der Waals surface area contributed by atoms with Crippen LogP contribution in [0, 0.1) is 6.07 Å². The van der Waals surface area contributed by atoms with Crippen LogP contribution in [-0.2, 0) is 11.3 Å². The number of aromatic nitrogens is 1. The van der Waals surface area contributed by atoms with Crippen LogP contribution in [0.1, 0.15) is 24.8 Å². The molecule has 2 saturated heterocycles. The average molecular weight is 353 g/mol. The Morgan fingerprint density at radius 2 is 1.85 bits per heavy atom. The van der Waals surface area contributed by atoms with Crippen molar-refractivity contribution >= 4 is 10.9 Å². The van der Waals surface area contributed by atoms with Crippen LogP contribution >= 0.6 is 0 Å². The Hall–Kier alpha value is -1.56. The summed E-state index contributed by atoms with van der Waals surface area (Å²) in [4.78, 5) is 5.20. The topological polar surface area (TPSA) is 23.9 Å². The quantitative estimate of drug-likeness (QED) is 0.840. The molecular formula is C21H29N4O. The molecule has 2 aromatic rings. The molecule has 0 bridgehead atoms. The molecule has 1 radical (unpaired) electrons. The zero-order chi connectivity index (χ0) is 17.3. The molecule has 5 nitrogen and oxygen atoms in total. The molecule has 0 N–H and O–H groups in total. The monoisotopic (exact) mass is 353 g/mol. The van der Waals surface area contributed by atoms with Gasteiger partial charge in [0, 0.05) is 63.4 Å². The SMILES string of the molecule is [c]1cccc2c1c(CN1CCOCC1)cn2N1CCN(C2CCC2)CC1. The number of ether oxygens (including phenoxy) is 1. The highest BCUT2D eigenvalue weighted by atomic mass is 16.5. The maximum absolute atomic E-state index is 5.50. The van der Waals surface area contributed by atoms with Gasteiger partial charge in [0.2, 0.25) is 0 Å². The molecule has 3 heterocycles. The van der Waals surface area contributed by atoms with Crippen molar-refractivity contribution in [2.45, 2.75) is 31.8 Å². The molecule has 1 saturated carbocycles. The fourth-order valence-corrected chi connectivity index (χ4v) is 4.56. The smallest absolute Gasteiger partial charge is 0.0704 e. The standard InChI is InChI=1S/C21H29N4O/c1-2-7-21-20(6-1)18(16-22-12-14-26-15-13-22)17-25(21)24-10-8-23(9-11-24)19-4-3-5-19/h1-2,7,17,19H,3-5,8-16H2. The molecular weight excluding hydrogens is 324 g/mol. The van der Waals surface area contributed by atoms with Crippen LogP contribution in [0.4, 0.5) is 0 Å². The number of morpholine rings is 1. The van der Waals surface area contributed by atoms with Gasteiger partial charge in [0.1, 0.15) is 0 Å². The fraction of sp³-hybridized carbons (Fsp3) is 0.619. The highest BCUT2D eigenvalue weighted by Gasteiger charge is 2.28. The maximum atomic E-state index is 5.50. The number of hydrogen-bond acceptors (Lipinski definition) is 4. The molecule has 3 fully saturated rings. The Kier molecular flexibility index (Phi) is 4.61. The van der Waals surface area contributed by atoms with E-state index in [1.807, 2.05) is 6.07 Å². The first-order chi connectivity index (χ1) is 12.9. The number of piperazine rings is 1. The van der Waals surface area contributed by atoms with Gasteiger partial charge in [0.25, 0.3) is 0 Å². The van der Waals surface area contributed by atoms with Crippen molar-refractivity contribution in [3.8, 4) is 0 Å². The Morgan fingerprint density at radius 1 is 1.04 bits per heavy atom. The molecule has 0 amide bonds. The predicted octanol–water partition coefficient (Wildman–Crippen LogP) is 2.08. The van der Waals surface area contributed by atoms with Crippen LogP contribution in [0.5, 0.6) is 0 Å². The summed E-state index contributed by atoms with van der Waals surface area (Å²) in [6.45, 7) is 9.38. The van der Waals surface area contributed by atoms with Gasteiger partial charge in [0.15, 0.2) is 0 Å². The molecule has 2 aliphatic heterocycles. The van der Waals surface area contributed by atoms with E-state index in [2.05, 4.69) is 43.9 Å². The average Bonchev–Trinajstić information content (AvgIpc) is 3.01. The summed E-state index contributed by atoms with van der Waals surface area (Å²) in [6, 6.07) is 10.8. The van der Waals surface area contributed by atoms with E-state index in [9.17, 15) is 0 Å². The lowest BCUT2D eigenvalue weighted by atomic mass is 9.91. The van der Waals surface area contributed by atoms with Gasteiger partial charge in [-0.25, -0.2) is 0 Å². The summed E-state index contributed by atoms with van der Waals surface area (Å²) in [5.41, 5.74) is 2.69. The van der Waals surface area contributed by atoms with E-state index in [1.54, 1.807) is 0 Å². The first-order valence-electron chi connectivity index (χ1n) is 10.2. The van der Waals surface area contributed by atoms with Gasteiger partial charge in [-0.3, -0.25) is 14.5 Å². The molecule has 3 aliphatic rings. The molecule has 1 aromatic heterocycles. The second-order valence-electron chi connectivity index (χ2n) is 7.89. The Labute approximate surface area is 156 Å². The van der Waals surface area contributed by atoms with Crippen LogP contribution in [0.2, 0.25) is 0 Å². The highest BCUT2D eigenvalue weighted by molar-refractivity contribution is 5.83. The van der Waals surface area contributed by atoms with E-state index in [-0.39, 0.29) is 0 Å². The third-order valence-corrected chi connectivity index (χ3v) is 6.36. The van der Waals surface area contributed by atoms with Crippen LogP contribution in [0.15, 0.2) is 24.4 Å². The molecule has 0 unspecified atom stereocenters. The molecule has 1 aromatic carbocycles. The van der Waals surface area contributed by atoms with Crippen molar-refractivity contribution in [3.63, 3.8) is 0 Å². The number of nitrogens with zero attached hydrogens (tertiary/aromatic N) is 4. The normalized spacial score (nSPS) is 23.5. The van der Waals surface area contributed by atoms with Crippen molar-refractivity contribution < 1.29 is 4.74 Å². The number of fused-ring (bicyclic) bond motifs is 1. The summed E-state index contributed by atoms with van der Waals surface area (Å²) in [5, 5.41) is 3.80. The lowest BCUT2D eigenvalue weighted by Gasteiger charge is -2.43. The van der Waals surface area contributed by atoms with Crippen molar-refractivity contribution in [1.29, 1.82) is 0 Å². The summed E-state index contributed by atoms with van der Waals surface area (Å²) in [7, 11) is 0.